The van der Waals surface area contributed by atoms with Crippen molar-refractivity contribution in [1.29, 1.82) is 0 Å². The van der Waals surface area contributed by atoms with E-state index in [0.29, 0.717) is 12.0 Å². The molecule has 3 nitrogen and oxygen atoms in total. The van der Waals surface area contributed by atoms with Crippen LogP contribution in [0.2, 0.25) is 5.02 Å². The minimum Gasteiger partial charge on any atom is -0.496 e. The number of aryl methyl sites for hydroxylation is 1. The zero-order chi connectivity index (χ0) is 15.4. The molecule has 0 bridgehead atoms. The first-order valence-electron chi connectivity index (χ1n) is 6.60. The number of ether oxygens (including phenoxy) is 1. The summed E-state index contributed by atoms with van der Waals surface area (Å²) in [7, 11) is 1.63. The lowest BCUT2D eigenvalue weighted by Gasteiger charge is -2.18. The summed E-state index contributed by atoms with van der Waals surface area (Å²) in [5.41, 5.74) is 5.22. The molecule has 3 N–H and O–H groups in total. The third-order valence-electron chi connectivity index (χ3n) is 3.48. The van der Waals surface area contributed by atoms with Crippen molar-refractivity contribution in [1.82, 2.24) is 5.43 Å². The van der Waals surface area contributed by atoms with Gasteiger partial charge in [0.2, 0.25) is 0 Å². The fourth-order valence-corrected chi connectivity index (χ4v) is 2.51. The molecule has 21 heavy (non-hydrogen) atoms. The molecule has 112 valence electrons. The second kappa shape index (κ2) is 6.89. The van der Waals surface area contributed by atoms with E-state index in [4.69, 9.17) is 22.2 Å². The summed E-state index contributed by atoms with van der Waals surface area (Å²) in [4.78, 5) is 0. The molecule has 0 aliphatic carbocycles. The van der Waals surface area contributed by atoms with Crippen LogP contribution in [0.15, 0.2) is 36.4 Å². The van der Waals surface area contributed by atoms with Gasteiger partial charge in [-0.2, -0.15) is 0 Å². The van der Waals surface area contributed by atoms with Crippen LogP contribution in [-0.4, -0.2) is 7.11 Å². The minimum atomic E-state index is -0.398. The quantitative estimate of drug-likeness (QED) is 0.656. The van der Waals surface area contributed by atoms with Gasteiger partial charge in [0.1, 0.15) is 11.6 Å². The van der Waals surface area contributed by atoms with E-state index in [1.807, 2.05) is 25.1 Å². The van der Waals surface area contributed by atoms with E-state index in [9.17, 15) is 4.39 Å². The van der Waals surface area contributed by atoms with Crippen molar-refractivity contribution < 1.29 is 9.13 Å². The number of rotatable bonds is 5. The molecule has 1 atom stereocenters. The highest BCUT2D eigenvalue weighted by Crippen LogP contribution is 2.26. The molecule has 1 unspecified atom stereocenters. The molecule has 0 saturated carbocycles. The van der Waals surface area contributed by atoms with Gasteiger partial charge in [-0.3, -0.25) is 11.3 Å². The number of nitrogens with two attached hydrogens (primary N) is 1. The van der Waals surface area contributed by atoms with Gasteiger partial charge in [-0.1, -0.05) is 35.9 Å². The third-order valence-corrected chi connectivity index (χ3v) is 3.77. The van der Waals surface area contributed by atoms with Crippen LogP contribution < -0.4 is 16.0 Å². The fourth-order valence-electron chi connectivity index (χ4n) is 2.32. The van der Waals surface area contributed by atoms with Gasteiger partial charge in [-0.15, -0.1) is 0 Å². The fraction of sp³-hybridized carbons (Fsp3) is 0.250. The normalized spacial score (nSPS) is 12.2. The summed E-state index contributed by atoms with van der Waals surface area (Å²) in [6.45, 7) is 1.95. The number of benzene rings is 2. The number of hydrogen-bond acceptors (Lipinski definition) is 3. The molecule has 0 amide bonds. The zero-order valence-electron chi connectivity index (χ0n) is 12.0. The molecule has 2 aromatic rings. The van der Waals surface area contributed by atoms with Crippen LogP contribution in [0.3, 0.4) is 0 Å². The number of hydrazine groups is 1. The zero-order valence-corrected chi connectivity index (χ0v) is 12.7. The summed E-state index contributed by atoms with van der Waals surface area (Å²) in [5, 5.41) is 0.120. The maximum atomic E-state index is 14.0. The van der Waals surface area contributed by atoms with Crippen molar-refractivity contribution in [2.45, 2.75) is 19.4 Å². The van der Waals surface area contributed by atoms with Gasteiger partial charge in [0.15, 0.2) is 0 Å². The molecule has 0 radical (unpaired) electrons. The predicted octanol–water partition coefficient (Wildman–Crippen LogP) is 3.54. The Labute approximate surface area is 128 Å². The van der Waals surface area contributed by atoms with Gasteiger partial charge in [0.05, 0.1) is 18.2 Å². The third kappa shape index (κ3) is 3.53. The molecule has 0 aliphatic heterocycles. The van der Waals surface area contributed by atoms with E-state index in [-0.39, 0.29) is 11.1 Å². The van der Waals surface area contributed by atoms with Crippen LogP contribution in [0.1, 0.15) is 22.7 Å². The van der Waals surface area contributed by atoms with Crippen molar-refractivity contribution in [3.63, 3.8) is 0 Å². The largest absolute Gasteiger partial charge is 0.496 e. The van der Waals surface area contributed by atoms with E-state index in [1.165, 1.54) is 6.07 Å². The molecule has 0 spiro atoms. The first-order valence-corrected chi connectivity index (χ1v) is 6.98. The van der Waals surface area contributed by atoms with Gasteiger partial charge < -0.3 is 4.74 Å². The van der Waals surface area contributed by atoms with E-state index < -0.39 is 5.82 Å². The van der Waals surface area contributed by atoms with Crippen LogP contribution in [0, 0.1) is 12.7 Å². The molecule has 0 fully saturated rings. The Bertz CT molecular complexity index is 634. The molecule has 0 aliphatic rings. The average Bonchev–Trinajstić information content (AvgIpc) is 2.48. The Balaban J connectivity index is 2.28. The Kier molecular flexibility index (Phi) is 5.17. The van der Waals surface area contributed by atoms with Gasteiger partial charge in [0.25, 0.3) is 0 Å². The lowest BCUT2D eigenvalue weighted by molar-refractivity contribution is 0.411. The molecular formula is C16H18ClFN2O. The maximum absolute atomic E-state index is 14.0. The molecular weight excluding hydrogens is 291 g/mol. The Morgan fingerprint density at radius 2 is 2.10 bits per heavy atom. The summed E-state index contributed by atoms with van der Waals surface area (Å²) in [6.07, 6.45) is 0.411. The Morgan fingerprint density at radius 3 is 2.71 bits per heavy atom. The topological polar surface area (TPSA) is 47.3 Å². The maximum Gasteiger partial charge on any atom is 0.145 e. The Morgan fingerprint density at radius 1 is 1.33 bits per heavy atom. The highest BCUT2D eigenvalue weighted by Gasteiger charge is 2.15. The van der Waals surface area contributed by atoms with Crippen LogP contribution in [0.5, 0.6) is 5.75 Å². The van der Waals surface area contributed by atoms with Crippen molar-refractivity contribution >= 4 is 11.6 Å². The van der Waals surface area contributed by atoms with Crippen molar-refractivity contribution in [2.75, 3.05) is 7.11 Å². The van der Waals surface area contributed by atoms with Crippen LogP contribution in [0.25, 0.3) is 0 Å². The summed E-state index contributed by atoms with van der Waals surface area (Å²) < 4.78 is 19.2. The summed E-state index contributed by atoms with van der Waals surface area (Å²) in [5.74, 6) is 6.03. The van der Waals surface area contributed by atoms with Crippen LogP contribution >= 0.6 is 11.6 Å². The van der Waals surface area contributed by atoms with Crippen LogP contribution in [-0.2, 0) is 6.42 Å². The standard InChI is InChI=1S/C16H18ClFN2O/c1-10-8-11(6-7-15(10)21-2)14(20-19)9-12-4-3-5-13(17)16(12)18/h3-8,14,20H,9,19H2,1-2H3. The number of nitrogens with one attached hydrogen (secondary N) is 1. The molecule has 0 heterocycles. The second-order valence-electron chi connectivity index (χ2n) is 4.87. The van der Waals surface area contributed by atoms with Gasteiger partial charge in [-0.25, -0.2) is 4.39 Å². The first kappa shape index (κ1) is 15.8. The molecule has 0 saturated heterocycles. The molecule has 2 aromatic carbocycles. The smallest absolute Gasteiger partial charge is 0.145 e. The highest BCUT2D eigenvalue weighted by molar-refractivity contribution is 6.30. The monoisotopic (exact) mass is 308 g/mol. The number of halogens is 2. The highest BCUT2D eigenvalue weighted by atomic mass is 35.5. The first-order chi connectivity index (χ1) is 10.1. The molecule has 5 heteroatoms. The molecule has 0 aromatic heterocycles. The van der Waals surface area contributed by atoms with Gasteiger partial charge in [0, 0.05) is 0 Å². The van der Waals surface area contributed by atoms with Crippen molar-refractivity contribution in [3.05, 3.63) is 63.9 Å². The van der Waals surface area contributed by atoms with Crippen LogP contribution in [0.4, 0.5) is 4.39 Å². The minimum absolute atomic E-state index is 0.120. The van der Waals surface area contributed by atoms with E-state index in [1.54, 1.807) is 19.2 Å². The van der Waals surface area contributed by atoms with Crippen molar-refractivity contribution in [3.8, 4) is 5.75 Å². The van der Waals surface area contributed by atoms with Gasteiger partial charge in [-0.05, 0) is 42.2 Å². The lowest BCUT2D eigenvalue weighted by atomic mass is 9.97. The number of methoxy groups -OCH3 is 1. The van der Waals surface area contributed by atoms with E-state index in [0.717, 1.165) is 16.9 Å². The number of hydrogen-bond donors (Lipinski definition) is 2. The Hall–Kier alpha value is -1.62. The predicted molar refractivity (Wildman–Crippen MR) is 82.9 cm³/mol. The summed E-state index contributed by atoms with van der Waals surface area (Å²) in [6, 6.07) is 10.5. The van der Waals surface area contributed by atoms with E-state index >= 15 is 0 Å². The lowest BCUT2D eigenvalue weighted by Crippen LogP contribution is -2.29. The second-order valence-corrected chi connectivity index (χ2v) is 5.27. The molecule has 2 rings (SSSR count). The average molecular weight is 309 g/mol. The van der Waals surface area contributed by atoms with Gasteiger partial charge >= 0.3 is 0 Å². The van der Waals surface area contributed by atoms with E-state index in [2.05, 4.69) is 5.43 Å². The van der Waals surface area contributed by atoms with Crippen molar-refractivity contribution in [2.24, 2.45) is 5.84 Å². The SMILES string of the molecule is COc1ccc(C(Cc2cccc(Cl)c2F)NN)cc1C. The summed E-state index contributed by atoms with van der Waals surface area (Å²) >= 11 is 5.81.